The number of anilines is 2. The Balaban J connectivity index is 1.42. The molecule has 3 heterocycles. The summed E-state index contributed by atoms with van der Waals surface area (Å²) in [5.74, 6) is 0.586. The smallest absolute Gasteiger partial charge is 0.287 e. The predicted molar refractivity (Wildman–Crippen MR) is 122 cm³/mol. The highest BCUT2D eigenvalue weighted by atomic mass is 16.5. The van der Waals surface area contributed by atoms with Gasteiger partial charge in [0.05, 0.1) is 19.4 Å². The number of benzene rings is 2. The summed E-state index contributed by atoms with van der Waals surface area (Å²) in [6.45, 7) is 3.28. The second kappa shape index (κ2) is 7.78. The van der Waals surface area contributed by atoms with E-state index in [1.807, 2.05) is 24.4 Å². The van der Waals surface area contributed by atoms with Crippen molar-refractivity contribution < 1.29 is 9.53 Å². The number of carbonyl (C=O) groups is 1. The van der Waals surface area contributed by atoms with Crippen LogP contribution in [0.2, 0.25) is 0 Å². The van der Waals surface area contributed by atoms with Crippen molar-refractivity contribution in [2.24, 2.45) is 20.8 Å². The lowest BCUT2D eigenvalue weighted by Gasteiger charge is -2.28. The molecule has 2 aromatic carbocycles. The fraction of sp³-hybridized carbons (Fsp3) is 0.182. The number of fused-ring (bicyclic) bond motifs is 1. The zero-order valence-electron chi connectivity index (χ0n) is 16.8. The molecule has 0 spiro atoms. The van der Waals surface area contributed by atoms with Crippen molar-refractivity contribution in [3.05, 3.63) is 66.5 Å². The number of carbonyl (C=O) groups excluding carboxylic acids is 1. The van der Waals surface area contributed by atoms with Crippen LogP contribution in [-0.2, 0) is 4.74 Å². The van der Waals surface area contributed by atoms with Crippen LogP contribution in [0.4, 0.5) is 17.1 Å². The topological polar surface area (TPSA) is 105 Å². The van der Waals surface area contributed by atoms with Gasteiger partial charge in [0.1, 0.15) is 6.21 Å². The fourth-order valence-electron chi connectivity index (χ4n) is 3.79. The summed E-state index contributed by atoms with van der Waals surface area (Å²) in [5, 5.41) is 8.08. The Hall–Kier alpha value is -3.82. The first-order valence-corrected chi connectivity index (χ1v) is 10.0. The van der Waals surface area contributed by atoms with E-state index in [1.54, 1.807) is 30.6 Å². The van der Waals surface area contributed by atoms with Crippen LogP contribution in [0.3, 0.4) is 0 Å². The van der Waals surface area contributed by atoms with Crippen LogP contribution in [0.25, 0.3) is 0 Å². The van der Waals surface area contributed by atoms with Gasteiger partial charge < -0.3 is 20.7 Å². The molecule has 3 N–H and O–H groups in total. The molecule has 31 heavy (non-hydrogen) atoms. The predicted octanol–water partition coefficient (Wildman–Crippen LogP) is 2.28. The van der Waals surface area contributed by atoms with Gasteiger partial charge in [0.2, 0.25) is 5.91 Å². The lowest BCUT2D eigenvalue weighted by atomic mass is 10.1. The molecule has 156 valence electrons. The number of hydrogen-bond acceptors (Lipinski definition) is 7. The maximum Gasteiger partial charge on any atom is 0.287 e. The van der Waals surface area contributed by atoms with Gasteiger partial charge in [0.25, 0.3) is 11.8 Å². The van der Waals surface area contributed by atoms with Crippen LogP contribution in [-0.4, -0.2) is 50.2 Å². The summed E-state index contributed by atoms with van der Waals surface area (Å²) in [6.07, 6.45) is 5.14. The largest absolute Gasteiger partial charge is 0.378 e. The number of guanidine groups is 1. The van der Waals surface area contributed by atoms with Gasteiger partial charge in [-0.25, -0.2) is 0 Å². The maximum absolute atomic E-state index is 11.7. The van der Waals surface area contributed by atoms with Crippen LogP contribution in [0, 0.1) is 0 Å². The number of aliphatic imine (C=N–C) groups is 2. The highest BCUT2D eigenvalue weighted by molar-refractivity contribution is 6.38. The molecule has 0 saturated carbocycles. The zero-order chi connectivity index (χ0) is 21.3. The lowest BCUT2D eigenvalue weighted by molar-refractivity contribution is 0.1000. The van der Waals surface area contributed by atoms with Gasteiger partial charge in [-0.2, -0.15) is 4.99 Å². The highest BCUT2D eigenvalue weighted by Crippen LogP contribution is 2.32. The van der Waals surface area contributed by atoms with Crippen molar-refractivity contribution in [3.63, 3.8) is 0 Å². The molecule has 5 rings (SSSR count). The van der Waals surface area contributed by atoms with E-state index < -0.39 is 5.91 Å². The Labute approximate surface area is 179 Å². The van der Waals surface area contributed by atoms with Gasteiger partial charge in [-0.3, -0.25) is 9.79 Å². The molecule has 0 aliphatic carbocycles. The number of primary amides is 1. The Bertz CT molecular complexity index is 1130. The number of morpholine rings is 1. The zero-order valence-corrected chi connectivity index (χ0v) is 16.8. The number of rotatable bonds is 4. The molecule has 0 bridgehead atoms. The molecule has 1 saturated heterocycles. The van der Waals surface area contributed by atoms with Crippen molar-refractivity contribution in [1.82, 2.24) is 4.59 Å². The number of nitrogens with zero attached hydrogens (tertiary/aromatic N) is 5. The average Bonchev–Trinajstić information content (AvgIpc) is 3.19. The van der Waals surface area contributed by atoms with Crippen molar-refractivity contribution in [2.75, 3.05) is 36.5 Å². The van der Waals surface area contributed by atoms with E-state index in [4.69, 9.17) is 15.6 Å². The van der Waals surface area contributed by atoms with Crippen LogP contribution in [0.5, 0.6) is 0 Å². The van der Waals surface area contributed by atoms with Gasteiger partial charge in [0, 0.05) is 42.2 Å². The molecule has 1 atom stereocenters. The molecular weight excluding hydrogens is 394 g/mol. The summed E-state index contributed by atoms with van der Waals surface area (Å²) in [4.78, 5) is 22.8. The minimum atomic E-state index is -0.491. The minimum absolute atomic E-state index is 0.0151. The molecule has 2 aromatic rings. The molecule has 0 aromatic heterocycles. The number of nitrogens with two attached hydrogens (primary N) is 1. The fourth-order valence-corrected chi connectivity index (χ4v) is 3.79. The molecule has 0 radical (unpaired) electrons. The van der Waals surface area contributed by atoms with E-state index in [1.165, 1.54) is 0 Å². The number of amidine groups is 1. The number of nitrogens with one attached hydrogen (secondary N) is 1. The maximum atomic E-state index is 11.7. The van der Waals surface area contributed by atoms with Gasteiger partial charge >= 0.3 is 0 Å². The van der Waals surface area contributed by atoms with E-state index in [2.05, 4.69) is 32.3 Å². The minimum Gasteiger partial charge on any atom is -0.378 e. The van der Waals surface area contributed by atoms with Gasteiger partial charge in [-0.15, -0.1) is 0 Å². The third-order valence-electron chi connectivity index (χ3n) is 5.40. The van der Waals surface area contributed by atoms with E-state index in [9.17, 15) is 4.79 Å². The number of quaternary nitrogens is 1. The normalized spacial score (nSPS) is 22.0. The second-order valence-corrected chi connectivity index (χ2v) is 7.34. The second-order valence-electron chi connectivity index (χ2n) is 7.34. The summed E-state index contributed by atoms with van der Waals surface area (Å²) < 4.78 is 5.40. The van der Waals surface area contributed by atoms with Gasteiger partial charge in [-0.1, -0.05) is 10.7 Å². The summed E-state index contributed by atoms with van der Waals surface area (Å²) in [6, 6.07) is 15.2. The van der Waals surface area contributed by atoms with Gasteiger partial charge in [0.15, 0.2) is 11.9 Å². The summed E-state index contributed by atoms with van der Waals surface area (Å²) in [7, 11) is 0. The van der Waals surface area contributed by atoms with Crippen molar-refractivity contribution in [2.45, 2.75) is 0 Å². The van der Waals surface area contributed by atoms with Crippen LogP contribution in [0.1, 0.15) is 10.4 Å². The SMILES string of the molecule is NC(=O)c1cccc([N+]23C=CN=CC2=NC(Nc2ccc(N4CCOCC4)cc2)=N3)c1. The van der Waals surface area contributed by atoms with E-state index in [-0.39, 0.29) is 4.59 Å². The lowest BCUT2D eigenvalue weighted by Crippen LogP contribution is -2.44. The standard InChI is InChI=1S/C22H21N7O2/c23-21(30)16-2-1-3-19(14-16)29-11-8-24-15-20(29)26-22(27-29)25-17-4-6-18(7-5-17)28-9-12-31-13-10-28/h1-8,11,14-15H,9-10,12-13H2,(H2-,23,25,27,30)/p+1. The Kier molecular flexibility index (Phi) is 4.81. The molecule has 1 unspecified atom stereocenters. The molecule has 3 aliphatic rings. The molecule has 9 heteroatoms. The Morgan fingerprint density at radius 2 is 1.94 bits per heavy atom. The quantitative estimate of drug-likeness (QED) is 0.746. The third kappa shape index (κ3) is 3.60. The Morgan fingerprint density at radius 3 is 2.71 bits per heavy atom. The van der Waals surface area contributed by atoms with E-state index in [0.29, 0.717) is 17.4 Å². The number of ether oxygens (including phenoxy) is 1. The van der Waals surface area contributed by atoms with Crippen molar-refractivity contribution in [1.29, 1.82) is 0 Å². The number of hydrogen-bond donors (Lipinski definition) is 2. The van der Waals surface area contributed by atoms with Crippen LogP contribution in [0.15, 0.2) is 76.0 Å². The summed E-state index contributed by atoms with van der Waals surface area (Å²) >= 11 is 0. The third-order valence-corrected chi connectivity index (χ3v) is 5.40. The van der Waals surface area contributed by atoms with Crippen molar-refractivity contribution >= 4 is 41.0 Å². The summed E-state index contributed by atoms with van der Waals surface area (Å²) in [5.41, 5.74) is 8.66. The molecule has 1 amide bonds. The monoisotopic (exact) mass is 416 g/mol. The first-order chi connectivity index (χ1) is 15.1. The Morgan fingerprint density at radius 1 is 1.13 bits per heavy atom. The van der Waals surface area contributed by atoms with Crippen LogP contribution >= 0.6 is 0 Å². The molecule has 9 nitrogen and oxygen atoms in total. The first-order valence-electron chi connectivity index (χ1n) is 10.0. The van der Waals surface area contributed by atoms with E-state index >= 15 is 0 Å². The molecule has 1 fully saturated rings. The van der Waals surface area contributed by atoms with E-state index in [0.717, 1.165) is 43.4 Å². The highest BCUT2D eigenvalue weighted by Gasteiger charge is 2.43. The van der Waals surface area contributed by atoms with Crippen LogP contribution < -0.4 is 20.5 Å². The molecule has 3 aliphatic heterocycles. The molecular formula is C22H22N7O2+. The first kappa shape index (κ1) is 19.2. The van der Waals surface area contributed by atoms with Crippen molar-refractivity contribution in [3.8, 4) is 0 Å². The van der Waals surface area contributed by atoms with Gasteiger partial charge in [-0.05, 0) is 35.4 Å². The number of amides is 1. The average molecular weight is 416 g/mol.